The number of hydrogen-bond acceptors (Lipinski definition) is 4. The fraction of sp³-hybridized carbons (Fsp3) is 0.316. The van der Waals surface area contributed by atoms with Crippen molar-refractivity contribution < 1.29 is 18.3 Å². The summed E-state index contributed by atoms with van der Waals surface area (Å²) in [6.07, 6.45) is 3.42. The second-order valence-electron chi connectivity index (χ2n) is 6.51. The smallest absolute Gasteiger partial charge is 0.253 e. The van der Waals surface area contributed by atoms with Crippen LogP contribution in [-0.4, -0.2) is 33.7 Å². The molecule has 1 fully saturated rings. The Balaban J connectivity index is 1.53. The van der Waals surface area contributed by atoms with E-state index < -0.39 is 11.6 Å². The highest BCUT2D eigenvalue weighted by atomic mass is 19.1. The fourth-order valence-corrected chi connectivity index (χ4v) is 3.22. The van der Waals surface area contributed by atoms with Crippen LogP contribution in [0.2, 0.25) is 0 Å². The van der Waals surface area contributed by atoms with E-state index >= 15 is 0 Å². The largest absolute Gasteiger partial charge is 0.381 e. The summed E-state index contributed by atoms with van der Waals surface area (Å²) in [5, 5.41) is 11.1. The van der Waals surface area contributed by atoms with Crippen molar-refractivity contribution in [3.8, 4) is 0 Å². The van der Waals surface area contributed by atoms with Gasteiger partial charge < -0.3 is 10.1 Å². The second-order valence-corrected chi connectivity index (χ2v) is 6.51. The first-order valence-corrected chi connectivity index (χ1v) is 8.76. The molecule has 27 heavy (non-hydrogen) atoms. The second kappa shape index (κ2) is 7.40. The Morgan fingerprint density at radius 2 is 2.00 bits per heavy atom. The lowest BCUT2D eigenvalue weighted by atomic mass is 9.99. The van der Waals surface area contributed by atoms with E-state index in [1.807, 2.05) is 4.40 Å². The number of halogens is 2. The number of nitrogens with one attached hydrogen (secondary N) is 1. The first-order valence-electron chi connectivity index (χ1n) is 8.76. The molecule has 4 rings (SSSR count). The van der Waals surface area contributed by atoms with Crippen molar-refractivity contribution in [2.75, 3.05) is 13.2 Å². The predicted molar refractivity (Wildman–Crippen MR) is 93.3 cm³/mol. The zero-order valence-electron chi connectivity index (χ0n) is 14.5. The third-order valence-corrected chi connectivity index (χ3v) is 4.73. The summed E-state index contributed by atoms with van der Waals surface area (Å²) >= 11 is 0. The Bertz CT molecular complexity index is 983. The summed E-state index contributed by atoms with van der Waals surface area (Å²) in [5.74, 6) is -0.646. The van der Waals surface area contributed by atoms with Gasteiger partial charge in [-0.05, 0) is 31.0 Å². The molecule has 6 nitrogen and oxygen atoms in total. The molecule has 0 bridgehead atoms. The van der Waals surface area contributed by atoms with Crippen LogP contribution in [0, 0.1) is 11.6 Å². The topological polar surface area (TPSA) is 68.5 Å². The number of carbonyl (C=O) groups excluding carboxylic acids is 1. The third kappa shape index (κ3) is 3.66. The van der Waals surface area contributed by atoms with Gasteiger partial charge in [0.1, 0.15) is 17.5 Å². The minimum absolute atomic E-state index is 0.0298. The molecule has 1 aliphatic heterocycles. The zero-order valence-corrected chi connectivity index (χ0v) is 14.5. The number of carbonyl (C=O) groups is 1. The fourth-order valence-electron chi connectivity index (χ4n) is 3.22. The Labute approximate surface area is 154 Å². The van der Waals surface area contributed by atoms with Gasteiger partial charge in [0.2, 0.25) is 0 Å². The summed E-state index contributed by atoms with van der Waals surface area (Å²) < 4.78 is 33.9. The van der Waals surface area contributed by atoms with Crippen LogP contribution < -0.4 is 5.32 Å². The van der Waals surface area contributed by atoms with Crippen LogP contribution in [0.1, 0.15) is 40.5 Å². The molecule has 3 aromatic rings. The standard InChI is InChI=1S/C19H18F2N4O2/c20-15-3-1-13(16(21)9-15)10-22-19(26)14-2-4-17-23-24-18(25(17)11-14)12-5-7-27-8-6-12/h1-4,9,11-12H,5-8,10H2,(H,22,26). The molecule has 0 unspecified atom stereocenters. The number of rotatable bonds is 4. The van der Waals surface area contributed by atoms with Gasteiger partial charge in [0.25, 0.3) is 5.91 Å². The highest BCUT2D eigenvalue weighted by molar-refractivity contribution is 5.94. The molecule has 140 valence electrons. The van der Waals surface area contributed by atoms with Gasteiger partial charge in [-0.15, -0.1) is 10.2 Å². The van der Waals surface area contributed by atoms with Crippen LogP contribution in [0.5, 0.6) is 0 Å². The van der Waals surface area contributed by atoms with Crippen LogP contribution in [0.4, 0.5) is 8.78 Å². The van der Waals surface area contributed by atoms with Crippen LogP contribution in [0.15, 0.2) is 36.5 Å². The Morgan fingerprint density at radius 1 is 1.19 bits per heavy atom. The number of nitrogens with zero attached hydrogens (tertiary/aromatic N) is 3. The van der Waals surface area contributed by atoms with Crippen molar-refractivity contribution in [1.29, 1.82) is 0 Å². The van der Waals surface area contributed by atoms with Crippen molar-refractivity contribution in [1.82, 2.24) is 19.9 Å². The molecule has 0 saturated carbocycles. The van der Waals surface area contributed by atoms with Gasteiger partial charge >= 0.3 is 0 Å². The first kappa shape index (κ1) is 17.5. The van der Waals surface area contributed by atoms with E-state index in [0.717, 1.165) is 30.8 Å². The van der Waals surface area contributed by atoms with E-state index in [1.165, 1.54) is 6.07 Å². The molecule has 2 aromatic heterocycles. The quantitative estimate of drug-likeness (QED) is 0.765. The monoisotopic (exact) mass is 372 g/mol. The molecule has 1 N–H and O–H groups in total. The Morgan fingerprint density at radius 3 is 2.78 bits per heavy atom. The molecular formula is C19H18F2N4O2. The highest BCUT2D eigenvalue weighted by Crippen LogP contribution is 2.26. The molecule has 3 heterocycles. The highest BCUT2D eigenvalue weighted by Gasteiger charge is 2.21. The SMILES string of the molecule is O=C(NCc1ccc(F)cc1F)c1ccc2nnc(C3CCOCC3)n2c1. The van der Waals surface area contributed by atoms with Crippen LogP contribution in [0.3, 0.4) is 0 Å². The Hall–Kier alpha value is -2.87. The van der Waals surface area contributed by atoms with E-state index in [-0.39, 0.29) is 23.9 Å². The minimum atomic E-state index is -0.689. The lowest BCUT2D eigenvalue weighted by molar-refractivity contribution is 0.0833. The summed E-state index contributed by atoms with van der Waals surface area (Å²) in [6.45, 7) is 1.34. The number of pyridine rings is 1. The lowest BCUT2D eigenvalue weighted by Crippen LogP contribution is -2.24. The third-order valence-electron chi connectivity index (χ3n) is 4.73. The summed E-state index contributed by atoms with van der Waals surface area (Å²) in [7, 11) is 0. The molecule has 0 atom stereocenters. The molecule has 1 amide bonds. The van der Waals surface area contributed by atoms with E-state index in [0.29, 0.717) is 24.4 Å². The number of ether oxygens (including phenoxy) is 1. The summed E-state index contributed by atoms with van der Waals surface area (Å²) in [5.41, 5.74) is 1.30. The molecule has 1 aliphatic rings. The van der Waals surface area contributed by atoms with Crippen molar-refractivity contribution in [3.05, 3.63) is 65.1 Å². The van der Waals surface area contributed by atoms with Crippen molar-refractivity contribution in [2.24, 2.45) is 0 Å². The van der Waals surface area contributed by atoms with Gasteiger partial charge in [-0.2, -0.15) is 0 Å². The average Bonchev–Trinajstić information content (AvgIpc) is 3.11. The molecule has 8 heteroatoms. The van der Waals surface area contributed by atoms with Gasteiger partial charge in [0.15, 0.2) is 5.65 Å². The van der Waals surface area contributed by atoms with Gasteiger partial charge in [0.05, 0.1) is 5.56 Å². The zero-order chi connectivity index (χ0) is 18.8. The normalized spacial score (nSPS) is 15.2. The molecule has 1 saturated heterocycles. The number of fused-ring (bicyclic) bond motifs is 1. The van der Waals surface area contributed by atoms with E-state index in [2.05, 4.69) is 15.5 Å². The molecule has 0 aliphatic carbocycles. The van der Waals surface area contributed by atoms with Gasteiger partial charge in [-0.25, -0.2) is 8.78 Å². The summed E-state index contributed by atoms with van der Waals surface area (Å²) in [4.78, 5) is 12.5. The summed E-state index contributed by atoms with van der Waals surface area (Å²) in [6, 6.07) is 6.65. The van der Waals surface area contributed by atoms with Crippen molar-refractivity contribution >= 4 is 11.6 Å². The number of aromatic nitrogens is 3. The number of amides is 1. The first-order chi connectivity index (χ1) is 13.1. The van der Waals surface area contributed by atoms with Gasteiger partial charge in [0, 0.05) is 43.5 Å². The Kier molecular flexibility index (Phi) is 4.81. The minimum Gasteiger partial charge on any atom is -0.381 e. The maximum atomic E-state index is 13.7. The lowest BCUT2D eigenvalue weighted by Gasteiger charge is -2.20. The maximum Gasteiger partial charge on any atom is 0.253 e. The predicted octanol–water partition coefficient (Wildman–Crippen LogP) is 2.83. The van der Waals surface area contributed by atoms with E-state index in [1.54, 1.807) is 18.3 Å². The van der Waals surface area contributed by atoms with Crippen LogP contribution in [-0.2, 0) is 11.3 Å². The average molecular weight is 372 g/mol. The van der Waals surface area contributed by atoms with E-state index in [9.17, 15) is 13.6 Å². The van der Waals surface area contributed by atoms with E-state index in [4.69, 9.17) is 4.74 Å². The maximum absolute atomic E-state index is 13.7. The van der Waals surface area contributed by atoms with Crippen molar-refractivity contribution in [3.63, 3.8) is 0 Å². The van der Waals surface area contributed by atoms with Crippen LogP contribution >= 0.6 is 0 Å². The molecular weight excluding hydrogens is 354 g/mol. The van der Waals surface area contributed by atoms with Crippen molar-refractivity contribution in [2.45, 2.75) is 25.3 Å². The number of benzene rings is 1. The molecule has 1 aromatic carbocycles. The molecule has 0 spiro atoms. The number of hydrogen-bond donors (Lipinski definition) is 1. The molecule has 0 radical (unpaired) electrons. The van der Waals surface area contributed by atoms with Gasteiger partial charge in [-0.1, -0.05) is 6.07 Å². The van der Waals surface area contributed by atoms with Crippen LogP contribution in [0.25, 0.3) is 5.65 Å². The van der Waals surface area contributed by atoms with Gasteiger partial charge in [-0.3, -0.25) is 9.20 Å².